The van der Waals surface area contributed by atoms with Crippen molar-refractivity contribution < 1.29 is 4.79 Å². The molecule has 0 radical (unpaired) electrons. The molecule has 1 amide bonds. The summed E-state index contributed by atoms with van der Waals surface area (Å²) >= 11 is 1.95. The van der Waals surface area contributed by atoms with Crippen molar-refractivity contribution in [1.82, 2.24) is 15.1 Å². The predicted octanol–water partition coefficient (Wildman–Crippen LogP) is 3.23. The Bertz CT molecular complexity index is 560. The molecule has 1 N–H and O–H groups in total. The second-order valence-electron chi connectivity index (χ2n) is 7.96. The van der Waals surface area contributed by atoms with E-state index in [4.69, 9.17) is 0 Å². The average Bonchev–Trinajstić information content (AvgIpc) is 2.73. The third-order valence-electron chi connectivity index (χ3n) is 6.03. The van der Waals surface area contributed by atoms with E-state index in [1.165, 1.54) is 56.8 Å². The normalized spacial score (nSPS) is 22.6. The average molecular weight is 390 g/mol. The predicted molar refractivity (Wildman–Crippen MR) is 115 cm³/mol. The van der Waals surface area contributed by atoms with E-state index in [9.17, 15) is 4.79 Å². The van der Waals surface area contributed by atoms with Gasteiger partial charge in [0.25, 0.3) is 0 Å². The van der Waals surface area contributed by atoms with Gasteiger partial charge < -0.3 is 10.2 Å². The van der Waals surface area contributed by atoms with Crippen molar-refractivity contribution >= 4 is 17.7 Å². The summed E-state index contributed by atoms with van der Waals surface area (Å²) in [5.41, 5.74) is 1.17. The first kappa shape index (κ1) is 20.7. The van der Waals surface area contributed by atoms with Gasteiger partial charge in [0.15, 0.2) is 0 Å². The Labute approximate surface area is 169 Å². The van der Waals surface area contributed by atoms with Crippen LogP contribution in [0.1, 0.15) is 37.7 Å². The van der Waals surface area contributed by atoms with E-state index >= 15 is 0 Å². The third-order valence-corrected chi connectivity index (χ3v) is 6.73. The monoisotopic (exact) mass is 389 g/mol. The molecule has 1 aromatic rings. The molecule has 5 heteroatoms. The Balaban J connectivity index is 1.40. The first-order chi connectivity index (χ1) is 13.3. The molecule has 1 atom stereocenters. The minimum absolute atomic E-state index is 0.155. The van der Waals surface area contributed by atoms with Crippen LogP contribution in [-0.2, 0) is 11.3 Å². The number of carbonyl (C=O) groups excluding carboxylic acids is 1. The molecular weight excluding hydrogens is 354 g/mol. The summed E-state index contributed by atoms with van der Waals surface area (Å²) in [6, 6.07) is 10.9. The standard InChI is InChI=1S/C22H35N3OS/c1-27-16-6-12-24-14-10-21(11-15-24)25-13-5-9-20(18-25)22(26)23-17-19-7-3-2-4-8-19/h2-4,7-8,20-21H,5-6,9-18H2,1H3,(H,23,26)/t20-/m1/s1. The summed E-state index contributed by atoms with van der Waals surface area (Å²) in [6.07, 6.45) is 8.20. The molecule has 2 aliphatic rings. The van der Waals surface area contributed by atoms with Gasteiger partial charge in [0.2, 0.25) is 5.91 Å². The van der Waals surface area contributed by atoms with Crippen molar-refractivity contribution in [2.75, 3.05) is 44.7 Å². The van der Waals surface area contributed by atoms with Gasteiger partial charge in [-0.05, 0) is 75.9 Å². The van der Waals surface area contributed by atoms with E-state index in [1.807, 2.05) is 30.0 Å². The SMILES string of the molecule is CSCCCN1CCC(N2CCC[C@@H](C(=O)NCc3ccccc3)C2)CC1. The van der Waals surface area contributed by atoms with Gasteiger partial charge in [0.1, 0.15) is 0 Å². The molecule has 2 aliphatic heterocycles. The number of amides is 1. The van der Waals surface area contributed by atoms with E-state index in [1.54, 1.807) is 0 Å². The van der Waals surface area contributed by atoms with Crippen LogP contribution in [0, 0.1) is 5.92 Å². The summed E-state index contributed by atoms with van der Waals surface area (Å²) in [5, 5.41) is 3.15. The number of rotatable bonds is 8. The van der Waals surface area contributed by atoms with Crippen LogP contribution in [0.15, 0.2) is 30.3 Å². The van der Waals surface area contributed by atoms with Gasteiger partial charge in [0.05, 0.1) is 5.92 Å². The molecular formula is C22H35N3OS. The first-order valence-corrected chi connectivity index (χ1v) is 11.9. The zero-order valence-corrected chi connectivity index (χ0v) is 17.6. The minimum atomic E-state index is 0.155. The number of nitrogens with zero attached hydrogens (tertiary/aromatic N) is 2. The fourth-order valence-corrected chi connectivity index (χ4v) is 4.84. The number of likely N-dealkylation sites (tertiary alicyclic amines) is 2. The lowest BCUT2D eigenvalue weighted by molar-refractivity contribution is -0.127. The van der Waals surface area contributed by atoms with E-state index < -0.39 is 0 Å². The molecule has 0 spiro atoms. The summed E-state index contributed by atoms with van der Waals surface area (Å²) in [4.78, 5) is 17.9. The Morgan fingerprint density at radius 3 is 2.67 bits per heavy atom. The highest BCUT2D eigenvalue weighted by atomic mass is 32.2. The second-order valence-corrected chi connectivity index (χ2v) is 8.94. The highest BCUT2D eigenvalue weighted by molar-refractivity contribution is 7.98. The maximum atomic E-state index is 12.7. The topological polar surface area (TPSA) is 35.6 Å². The molecule has 3 rings (SSSR count). The van der Waals surface area contributed by atoms with Crippen molar-refractivity contribution in [3.63, 3.8) is 0 Å². The Hall–Kier alpha value is -1.04. The highest BCUT2D eigenvalue weighted by Crippen LogP contribution is 2.24. The van der Waals surface area contributed by atoms with Gasteiger partial charge in [-0.15, -0.1) is 0 Å². The number of hydrogen-bond donors (Lipinski definition) is 1. The quantitative estimate of drug-likeness (QED) is 0.693. The molecule has 1 aromatic carbocycles. The molecule has 0 aromatic heterocycles. The van der Waals surface area contributed by atoms with Crippen LogP contribution in [0.5, 0.6) is 0 Å². The van der Waals surface area contributed by atoms with E-state index in [0.29, 0.717) is 12.6 Å². The summed E-state index contributed by atoms with van der Waals surface area (Å²) in [7, 11) is 0. The van der Waals surface area contributed by atoms with Gasteiger partial charge in [-0.1, -0.05) is 30.3 Å². The molecule has 0 bridgehead atoms. The number of thioether (sulfide) groups is 1. The van der Waals surface area contributed by atoms with Gasteiger partial charge >= 0.3 is 0 Å². The smallest absolute Gasteiger partial charge is 0.224 e. The molecule has 4 nitrogen and oxygen atoms in total. The zero-order chi connectivity index (χ0) is 18.9. The largest absolute Gasteiger partial charge is 0.352 e. The van der Waals surface area contributed by atoms with Crippen LogP contribution < -0.4 is 5.32 Å². The van der Waals surface area contributed by atoms with Gasteiger partial charge in [-0.25, -0.2) is 0 Å². The Morgan fingerprint density at radius 1 is 1.15 bits per heavy atom. The minimum Gasteiger partial charge on any atom is -0.352 e. The summed E-state index contributed by atoms with van der Waals surface area (Å²) < 4.78 is 0. The van der Waals surface area contributed by atoms with Crippen LogP contribution in [-0.4, -0.2) is 66.5 Å². The summed E-state index contributed by atoms with van der Waals surface area (Å²) in [5.74, 6) is 1.66. The molecule has 0 saturated carbocycles. The maximum absolute atomic E-state index is 12.7. The first-order valence-electron chi connectivity index (χ1n) is 10.5. The van der Waals surface area contributed by atoms with Gasteiger partial charge in [0, 0.05) is 19.1 Å². The number of hydrogen-bond acceptors (Lipinski definition) is 4. The van der Waals surface area contributed by atoms with Gasteiger partial charge in [-0.2, -0.15) is 11.8 Å². The molecule has 2 fully saturated rings. The van der Waals surface area contributed by atoms with Crippen molar-refractivity contribution in [2.45, 2.75) is 44.7 Å². The molecule has 0 aliphatic carbocycles. The lowest BCUT2D eigenvalue weighted by Gasteiger charge is -2.42. The van der Waals surface area contributed by atoms with Gasteiger partial charge in [-0.3, -0.25) is 9.69 Å². The van der Waals surface area contributed by atoms with Crippen molar-refractivity contribution in [3.05, 3.63) is 35.9 Å². The van der Waals surface area contributed by atoms with Crippen molar-refractivity contribution in [1.29, 1.82) is 0 Å². The lowest BCUT2D eigenvalue weighted by Crippen LogP contribution is -2.50. The van der Waals surface area contributed by atoms with E-state index in [-0.39, 0.29) is 11.8 Å². The third kappa shape index (κ3) is 6.51. The molecule has 150 valence electrons. The van der Waals surface area contributed by atoms with Crippen LogP contribution in [0.2, 0.25) is 0 Å². The van der Waals surface area contributed by atoms with Crippen LogP contribution in [0.25, 0.3) is 0 Å². The molecule has 2 saturated heterocycles. The maximum Gasteiger partial charge on any atom is 0.224 e. The van der Waals surface area contributed by atoms with E-state index in [0.717, 1.165) is 19.4 Å². The highest BCUT2D eigenvalue weighted by Gasteiger charge is 2.31. The Kier molecular flexibility index (Phi) is 8.49. The lowest BCUT2D eigenvalue weighted by atomic mass is 9.93. The molecule has 27 heavy (non-hydrogen) atoms. The van der Waals surface area contributed by atoms with Crippen LogP contribution in [0.3, 0.4) is 0 Å². The van der Waals surface area contributed by atoms with Crippen LogP contribution >= 0.6 is 11.8 Å². The fourth-order valence-electron chi connectivity index (χ4n) is 4.42. The number of nitrogens with one attached hydrogen (secondary N) is 1. The van der Waals surface area contributed by atoms with Crippen LogP contribution in [0.4, 0.5) is 0 Å². The number of benzene rings is 1. The Morgan fingerprint density at radius 2 is 1.93 bits per heavy atom. The number of piperidine rings is 2. The van der Waals surface area contributed by atoms with Crippen molar-refractivity contribution in [3.8, 4) is 0 Å². The zero-order valence-electron chi connectivity index (χ0n) is 16.7. The van der Waals surface area contributed by atoms with Crippen molar-refractivity contribution in [2.24, 2.45) is 5.92 Å². The van der Waals surface area contributed by atoms with E-state index in [2.05, 4.69) is 33.5 Å². The number of carbonyl (C=O) groups is 1. The molecule has 2 heterocycles. The second kappa shape index (κ2) is 11.1. The summed E-state index contributed by atoms with van der Waals surface area (Å²) in [6.45, 7) is 6.45. The fraction of sp³-hybridized carbons (Fsp3) is 0.682. The molecule has 0 unspecified atom stereocenters.